The highest BCUT2D eigenvalue weighted by Crippen LogP contribution is 2.21. The Morgan fingerprint density at radius 3 is 2.30 bits per heavy atom. The van der Waals surface area contributed by atoms with Gasteiger partial charge in [-0.2, -0.15) is 13.5 Å². The molecule has 1 N–H and O–H groups in total. The van der Waals surface area contributed by atoms with Crippen LogP contribution in [0.25, 0.3) is 0 Å². The predicted octanol–water partition coefficient (Wildman–Crippen LogP) is 2.93. The van der Waals surface area contributed by atoms with Gasteiger partial charge in [0.25, 0.3) is 10.0 Å². The second-order valence-electron chi connectivity index (χ2n) is 5.32. The number of nitrogens with zero attached hydrogens (tertiary/aromatic N) is 1. The molecule has 0 saturated heterocycles. The summed E-state index contributed by atoms with van der Waals surface area (Å²) in [6, 6.07) is 10.9. The molecule has 2 aromatic carbocycles. The molecule has 5 nitrogen and oxygen atoms in total. The third kappa shape index (κ3) is 3.90. The van der Waals surface area contributed by atoms with E-state index in [0.29, 0.717) is 22.4 Å². The van der Waals surface area contributed by atoms with Crippen molar-refractivity contribution in [2.45, 2.75) is 25.7 Å². The lowest BCUT2D eigenvalue weighted by molar-refractivity contribution is 0.414. The average molecular weight is 332 g/mol. The molecule has 122 valence electrons. The minimum atomic E-state index is -3.72. The van der Waals surface area contributed by atoms with Crippen molar-refractivity contribution in [2.24, 2.45) is 5.10 Å². The zero-order valence-electron chi connectivity index (χ0n) is 13.6. The van der Waals surface area contributed by atoms with Gasteiger partial charge < -0.3 is 4.74 Å². The van der Waals surface area contributed by atoms with Crippen LogP contribution in [-0.4, -0.2) is 21.7 Å². The van der Waals surface area contributed by atoms with Crippen LogP contribution in [0.4, 0.5) is 0 Å². The minimum Gasteiger partial charge on any atom is -0.496 e. The van der Waals surface area contributed by atoms with Crippen LogP contribution < -0.4 is 9.57 Å². The van der Waals surface area contributed by atoms with Gasteiger partial charge in [0.2, 0.25) is 0 Å². The fraction of sp³-hybridized carbons (Fsp3) is 0.235. The molecule has 0 bridgehead atoms. The molecule has 0 unspecified atom stereocenters. The molecule has 0 spiro atoms. The Balaban J connectivity index is 2.28. The van der Waals surface area contributed by atoms with Crippen molar-refractivity contribution in [1.82, 2.24) is 4.83 Å². The van der Waals surface area contributed by atoms with Gasteiger partial charge in [0.15, 0.2) is 0 Å². The average Bonchev–Trinajstić information content (AvgIpc) is 2.46. The van der Waals surface area contributed by atoms with Crippen molar-refractivity contribution in [1.29, 1.82) is 0 Å². The zero-order chi connectivity index (χ0) is 17.0. The van der Waals surface area contributed by atoms with Crippen molar-refractivity contribution >= 4 is 16.2 Å². The molecule has 0 aliphatic rings. The van der Waals surface area contributed by atoms with Gasteiger partial charge in [-0.25, -0.2) is 4.83 Å². The predicted molar refractivity (Wildman–Crippen MR) is 91.6 cm³/mol. The van der Waals surface area contributed by atoms with E-state index in [1.807, 2.05) is 31.2 Å². The SMILES string of the molecule is COc1ccccc1/C=N/NS(=O)(=O)c1c(C)cc(C)cc1C. The monoisotopic (exact) mass is 332 g/mol. The number of para-hydroxylation sites is 1. The third-order valence-corrected chi connectivity index (χ3v) is 4.92. The second-order valence-corrected chi connectivity index (χ2v) is 6.92. The maximum atomic E-state index is 12.5. The van der Waals surface area contributed by atoms with Crippen LogP contribution in [0.2, 0.25) is 0 Å². The van der Waals surface area contributed by atoms with Crippen LogP contribution in [0, 0.1) is 20.8 Å². The van der Waals surface area contributed by atoms with Gasteiger partial charge in [0.1, 0.15) is 5.75 Å². The van der Waals surface area contributed by atoms with E-state index in [2.05, 4.69) is 9.93 Å². The Bertz CT molecular complexity index is 820. The molecule has 2 aromatic rings. The lowest BCUT2D eigenvalue weighted by atomic mass is 10.1. The Kier molecular flexibility index (Phi) is 5.05. The van der Waals surface area contributed by atoms with E-state index in [4.69, 9.17) is 4.74 Å². The van der Waals surface area contributed by atoms with E-state index < -0.39 is 10.0 Å². The van der Waals surface area contributed by atoms with Gasteiger partial charge in [-0.05, 0) is 44.0 Å². The normalized spacial score (nSPS) is 11.7. The van der Waals surface area contributed by atoms with Crippen molar-refractivity contribution in [3.63, 3.8) is 0 Å². The summed E-state index contributed by atoms with van der Waals surface area (Å²) in [5.74, 6) is 0.623. The van der Waals surface area contributed by atoms with Gasteiger partial charge in [-0.15, -0.1) is 0 Å². The number of rotatable bonds is 5. The Hall–Kier alpha value is -2.34. The van der Waals surface area contributed by atoms with Gasteiger partial charge in [-0.3, -0.25) is 0 Å². The topological polar surface area (TPSA) is 67.8 Å². The van der Waals surface area contributed by atoms with Crippen molar-refractivity contribution in [3.05, 3.63) is 58.7 Å². The summed E-state index contributed by atoms with van der Waals surface area (Å²) in [4.78, 5) is 2.53. The highest BCUT2D eigenvalue weighted by molar-refractivity contribution is 7.89. The van der Waals surface area contributed by atoms with E-state index >= 15 is 0 Å². The van der Waals surface area contributed by atoms with Gasteiger partial charge in [0, 0.05) is 5.56 Å². The van der Waals surface area contributed by atoms with E-state index in [1.165, 1.54) is 6.21 Å². The van der Waals surface area contributed by atoms with Gasteiger partial charge in [0.05, 0.1) is 18.2 Å². The van der Waals surface area contributed by atoms with Crippen molar-refractivity contribution < 1.29 is 13.2 Å². The van der Waals surface area contributed by atoms with Crippen LogP contribution in [0.1, 0.15) is 22.3 Å². The van der Waals surface area contributed by atoms with E-state index in [-0.39, 0.29) is 4.90 Å². The maximum Gasteiger partial charge on any atom is 0.277 e. The van der Waals surface area contributed by atoms with E-state index in [0.717, 1.165) is 5.56 Å². The second kappa shape index (κ2) is 6.83. The molecule has 0 saturated carbocycles. The number of aryl methyl sites for hydroxylation is 3. The number of hydrogen-bond donors (Lipinski definition) is 1. The highest BCUT2D eigenvalue weighted by atomic mass is 32.2. The first-order valence-electron chi connectivity index (χ1n) is 7.11. The van der Waals surface area contributed by atoms with Gasteiger partial charge in [-0.1, -0.05) is 29.8 Å². The van der Waals surface area contributed by atoms with E-state index in [1.54, 1.807) is 33.1 Å². The van der Waals surface area contributed by atoms with Crippen molar-refractivity contribution in [3.8, 4) is 5.75 Å². The molecule has 0 amide bonds. The quantitative estimate of drug-likeness (QED) is 0.676. The first kappa shape index (κ1) is 17.0. The number of hydrazone groups is 1. The Morgan fingerprint density at radius 2 is 1.70 bits per heavy atom. The summed E-state index contributed by atoms with van der Waals surface area (Å²) in [5, 5.41) is 3.86. The molecule has 0 atom stereocenters. The van der Waals surface area contributed by atoms with Crippen molar-refractivity contribution in [2.75, 3.05) is 7.11 Å². The maximum absolute atomic E-state index is 12.5. The first-order chi connectivity index (χ1) is 10.8. The summed E-state index contributed by atoms with van der Waals surface area (Å²) >= 11 is 0. The summed E-state index contributed by atoms with van der Waals surface area (Å²) in [6.45, 7) is 5.49. The number of sulfonamides is 1. The fourth-order valence-electron chi connectivity index (χ4n) is 2.57. The van der Waals surface area contributed by atoms with Crippen LogP contribution in [0.15, 0.2) is 46.4 Å². The molecule has 23 heavy (non-hydrogen) atoms. The first-order valence-corrected chi connectivity index (χ1v) is 8.59. The molecular formula is C17H20N2O3S. The van der Waals surface area contributed by atoms with E-state index in [9.17, 15) is 8.42 Å². The van der Waals surface area contributed by atoms with Crippen LogP contribution >= 0.6 is 0 Å². The fourth-order valence-corrected chi connectivity index (χ4v) is 3.82. The summed E-state index contributed by atoms with van der Waals surface area (Å²) in [5.41, 5.74) is 3.11. The standard InChI is InChI=1S/C17H20N2O3S/c1-12-9-13(2)17(14(3)10-12)23(20,21)19-18-11-15-7-5-6-8-16(15)22-4/h5-11,19H,1-4H3/b18-11+. The largest absolute Gasteiger partial charge is 0.496 e. The molecule has 6 heteroatoms. The molecule has 2 rings (SSSR count). The number of methoxy groups -OCH3 is 1. The van der Waals surface area contributed by atoms with Crippen LogP contribution in [0.3, 0.4) is 0 Å². The summed E-state index contributed by atoms with van der Waals surface area (Å²) < 4.78 is 30.1. The number of benzene rings is 2. The molecule has 0 heterocycles. The number of hydrogen-bond acceptors (Lipinski definition) is 4. The highest BCUT2D eigenvalue weighted by Gasteiger charge is 2.19. The number of nitrogens with one attached hydrogen (secondary N) is 1. The molecule has 0 fully saturated rings. The Labute approximate surface area is 137 Å². The smallest absolute Gasteiger partial charge is 0.277 e. The van der Waals surface area contributed by atoms with Crippen LogP contribution in [-0.2, 0) is 10.0 Å². The molecule has 0 aliphatic carbocycles. The number of ether oxygens (including phenoxy) is 1. The lowest BCUT2D eigenvalue weighted by Gasteiger charge is -2.11. The molecule has 0 aliphatic heterocycles. The molecular weight excluding hydrogens is 312 g/mol. The minimum absolute atomic E-state index is 0.264. The Morgan fingerprint density at radius 1 is 1.09 bits per heavy atom. The third-order valence-electron chi connectivity index (χ3n) is 3.39. The lowest BCUT2D eigenvalue weighted by Crippen LogP contribution is -2.20. The van der Waals surface area contributed by atoms with Gasteiger partial charge >= 0.3 is 0 Å². The molecule has 0 radical (unpaired) electrons. The van der Waals surface area contributed by atoms with Crippen LogP contribution in [0.5, 0.6) is 5.75 Å². The summed E-state index contributed by atoms with van der Waals surface area (Å²) in [6.07, 6.45) is 1.43. The summed E-state index contributed by atoms with van der Waals surface area (Å²) in [7, 11) is -2.17. The molecule has 0 aromatic heterocycles. The zero-order valence-corrected chi connectivity index (χ0v) is 14.4.